The molecule has 0 unspecified atom stereocenters. The fraction of sp³-hybridized carbons (Fsp3) is 0.300. The molecule has 0 aliphatic carbocycles. The average molecular weight is 371 g/mol. The van der Waals surface area contributed by atoms with E-state index in [4.69, 9.17) is 4.74 Å². The summed E-state index contributed by atoms with van der Waals surface area (Å²) >= 11 is 1.70. The monoisotopic (exact) mass is 370 g/mol. The second-order valence-corrected chi connectivity index (χ2v) is 6.20. The lowest BCUT2D eigenvalue weighted by Crippen LogP contribution is -1.98. The summed E-state index contributed by atoms with van der Waals surface area (Å²) in [6.07, 6.45) is 3.63. The molecule has 1 aromatic heterocycles. The van der Waals surface area contributed by atoms with E-state index < -0.39 is 0 Å². The first kappa shape index (κ1) is 19.8. The molecular formula is C20H26N4OS. The number of thioether (sulfide) groups is 1. The number of nitrogens with zero attached hydrogens (tertiary/aromatic N) is 2. The Hall–Kier alpha value is -2.47. The Labute approximate surface area is 159 Å². The Morgan fingerprint density at radius 3 is 2.50 bits per heavy atom. The molecule has 0 saturated carbocycles. The Morgan fingerprint density at radius 1 is 1.08 bits per heavy atom. The summed E-state index contributed by atoms with van der Waals surface area (Å²) < 4.78 is 5.38. The zero-order valence-corrected chi connectivity index (χ0v) is 17.0. The molecule has 5 nitrogen and oxygen atoms in total. The molecule has 0 spiro atoms. The molecule has 0 aliphatic rings. The van der Waals surface area contributed by atoms with Gasteiger partial charge in [-0.25, -0.2) is 9.97 Å². The number of rotatable bonds is 5. The number of hydrogen-bond acceptors (Lipinski definition) is 6. The van der Waals surface area contributed by atoms with Gasteiger partial charge in [-0.15, -0.1) is 11.8 Å². The second-order valence-electron chi connectivity index (χ2n) is 5.35. The lowest BCUT2D eigenvalue weighted by atomic mass is 10.1. The van der Waals surface area contributed by atoms with Crippen molar-refractivity contribution in [1.82, 2.24) is 9.97 Å². The third-order valence-corrected chi connectivity index (χ3v) is 4.66. The van der Waals surface area contributed by atoms with Gasteiger partial charge in [0.05, 0.1) is 12.6 Å². The normalized spacial score (nSPS) is 10.1. The summed E-state index contributed by atoms with van der Waals surface area (Å²) in [4.78, 5) is 9.94. The molecule has 26 heavy (non-hydrogen) atoms. The molecule has 3 aromatic rings. The molecule has 3 rings (SSSR count). The molecule has 0 aliphatic heterocycles. The van der Waals surface area contributed by atoms with Crippen molar-refractivity contribution in [3.8, 4) is 5.75 Å². The van der Waals surface area contributed by atoms with Gasteiger partial charge in [-0.3, -0.25) is 0 Å². The summed E-state index contributed by atoms with van der Waals surface area (Å²) in [5.41, 5.74) is 4.01. The summed E-state index contributed by atoms with van der Waals surface area (Å²) in [5, 5.41) is 7.58. The zero-order chi connectivity index (χ0) is 19.1. The van der Waals surface area contributed by atoms with Crippen LogP contribution in [0.4, 0.5) is 17.2 Å². The number of aromatic nitrogens is 2. The van der Waals surface area contributed by atoms with Crippen molar-refractivity contribution < 1.29 is 4.74 Å². The predicted octanol–water partition coefficient (Wildman–Crippen LogP) is 5.48. The smallest absolute Gasteiger partial charge is 0.141 e. The molecule has 138 valence electrons. The summed E-state index contributed by atoms with van der Waals surface area (Å²) in [6.45, 7) is 6.02. The number of benzene rings is 2. The van der Waals surface area contributed by atoms with Gasteiger partial charge in [-0.1, -0.05) is 13.8 Å². The van der Waals surface area contributed by atoms with Gasteiger partial charge in [0, 0.05) is 34.8 Å². The third kappa shape index (κ3) is 4.19. The van der Waals surface area contributed by atoms with Crippen LogP contribution in [0.3, 0.4) is 0 Å². The number of fused-ring (bicyclic) bond motifs is 1. The van der Waals surface area contributed by atoms with Crippen LogP contribution in [-0.2, 0) is 0 Å². The van der Waals surface area contributed by atoms with E-state index >= 15 is 0 Å². The molecule has 6 heteroatoms. The first-order valence-corrected chi connectivity index (χ1v) is 9.81. The molecule has 0 saturated heterocycles. The van der Waals surface area contributed by atoms with E-state index in [-0.39, 0.29) is 0 Å². The van der Waals surface area contributed by atoms with Crippen LogP contribution in [-0.4, -0.2) is 30.4 Å². The zero-order valence-electron chi connectivity index (χ0n) is 16.2. The van der Waals surface area contributed by atoms with E-state index in [9.17, 15) is 0 Å². The summed E-state index contributed by atoms with van der Waals surface area (Å²) in [6, 6.07) is 10.2. The number of aryl methyl sites for hydroxylation is 1. The van der Waals surface area contributed by atoms with Gasteiger partial charge in [0.1, 0.15) is 17.9 Å². The van der Waals surface area contributed by atoms with Gasteiger partial charge >= 0.3 is 0 Å². The SMILES string of the molecule is CC.CNc1ccc(Nc2ncnc3cc(OC)c(C)cc23)cc1SC. The van der Waals surface area contributed by atoms with Crippen LogP contribution in [0, 0.1) is 6.92 Å². The van der Waals surface area contributed by atoms with Crippen LogP contribution in [0.25, 0.3) is 10.9 Å². The molecule has 0 bridgehead atoms. The fourth-order valence-electron chi connectivity index (χ4n) is 2.62. The van der Waals surface area contributed by atoms with Crippen molar-refractivity contribution >= 4 is 39.9 Å². The Morgan fingerprint density at radius 2 is 1.85 bits per heavy atom. The lowest BCUT2D eigenvalue weighted by Gasteiger charge is -2.13. The molecular weight excluding hydrogens is 344 g/mol. The number of hydrogen-bond donors (Lipinski definition) is 2. The molecule has 1 heterocycles. The van der Waals surface area contributed by atoms with Gasteiger partial charge in [0.15, 0.2) is 0 Å². The molecule has 0 fully saturated rings. The summed E-state index contributed by atoms with van der Waals surface area (Å²) in [5.74, 6) is 1.62. The van der Waals surface area contributed by atoms with Crippen molar-refractivity contribution in [3.63, 3.8) is 0 Å². The van der Waals surface area contributed by atoms with E-state index in [0.717, 1.165) is 39.4 Å². The largest absolute Gasteiger partial charge is 0.496 e. The van der Waals surface area contributed by atoms with E-state index in [1.807, 2.05) is 46.0 Å². The fourth-order valence-corrected chi connectivity index (χ4v) is 3.26. The van der Waals surface area contributed by atoms with Gasteiger partial charge < -0.3 is 15.4 Å². The van der Waals surface area contributed by atoms with Crippen molar-refractivity contribution in [2.45, 2.75) is 25.7 Å². The standard InChI is InChI=1S/C18H20N4OS.C2H6/c1-11-7-13-15(9-16(11)23-3)20-10-21-18(13)22-12-5-6-14(19-2)17(8-12)24-4;1-2/h5-10,19H,1-4H3,(H,20,21,22);1-2H3. The van der Waals surface area contributed by atoms with E-state index in [2.05, 4.69) is 39.0 Å². The maximum absolute atomic E-state index is 5.38. The predicted molar refractivity (Wildman–Crippen MR) is 113 cm³/mol. The van der Waals surface area contributed by atoms with Crippen molar-refractivity contribution in [3.05, 3.63) is 42.2 Å². The minimum atomic E-state index is 0.787. The van der Waals surface area contributed by atoms with Gasteiger partial charge in [0.25, 0.3) is 0 Å². The molecule has 2 aromatic carbocycles. The van der Waals surface area contributed by atoms with Gasteiger partial charge in [0.2, 0.25) is 0 Å². The average Bonchev–Trinajstić information content (AvgIpc) is 2.69. The van der Waals surface area contributed by atoms with E-state index in [1.54, 1.807) is 25.2 Å². The van der Waals surface area contributed by atoms with Crippen molar-refractivity contribution in [2.24, 2.45) is 0 Å². The Balaban J connectivity index is 0.00000117. The highest BCUT2D eigenvalue weighted by molar-refractivity contribution is 7.98. The van der Waals surface area contributed by atoms with Crippen LogP contribution in [0.1, 0.15) is 19.4 Å². The Bertz CT molecular complexity index is 883. The maximum Gasteiger partial charge on any atom is 0.141 e. The third-order valence-electron chi connectivity index (χ3n) is 3.89. The molecule has 0 atom stereocenters. The first-order valence-electron chi connectivity index (χ1n) is 8.58. The number of nitrogens with one attached hydrogen (secondary N) is 2. The van der Waals surface area contributed by atoms with Crippen LogP contribution in [0.15, 0.2) is 41.6 Å². The van der Waals surface area contributed by atoms with Crippen LogP contribution < -0.4 is 15.4 Å². The van der Waals surface area contributed by atoms with Crippen molar-refractivity contribution in [1.29, 1.82) is 0 Å². The first-order chi connectivity index (χ1) is 12.7. The van der Waals surface area contributed by atoms with Crippen LogP contribution in [0.2, 0.25) is 0 Å². The second kappa shape index (κ2) is 9.29. The summed E-state index contributed by atoms with van der Waals surface area (Å²) in [7, 11) is 3.60. The molecule has 0 radical (unpaired) electrons. The lowest BCUT2D eigenvalue weighted by molar-refractivity contribution is 0.412. The van der Waals surface area contributed by atoms with Gasteiger partial charge in [-0.05, 0) is 43.0 Å². The number of ether oxygens (including phenoxy) is 1. The quantitative estimate of drug-likeness (QED) is 0.580. The maximum atomic E-state index is 5.38. The topological polar surface area (TPSA) is 59.1 Å². The van der Waals surface area contributed by atoms with E-state index in [0.29, 0.717) is 0 Å². The van der Waals surface area contributed by atoms with Crippen LogP contribution >= 0.6 is 11.8 Å². The minimum absolute atomic E-state index is 0.787. The Kier molecular flexibility index (Phi) is 7.09. The number of anilines is 3. The van der Waals surface area contributed by atoms with Crippen molar-refractivity contribution in [2.75, 3.05) is 31.0 Å². The van der Waals surface area contributed by atoms with Crippen LogP contribution in [0.5, 0.6) is 5.75 Å². The highest BCUT2D eigenvalue weighted by Crippen LogP contribution is 2.32. The van der Waals surface area contributed by atoms with Gasteiger partial charge in [-0.2, -0.15) is 0 Å². The minimum Gasteiger partial charge on any atom is -0.496 e. The molecule has 2 N–H and O–H groups in total. The highest BCUT2D eigenvalue weighted by atomic mass is 32.2. The number of methoxy groups -OCH3 is 1. The highest BCUT2D eigenvalue weighted by Gasteiger charge is 2.09. The van der Waals surface area contributed by atoms with E-state index in [1.165, 1.54) is 4.90 Å². The molecule has 0 amide bonds.